The van der Waals surface area contributed by atoms with Gasteiger partial charge in [0.1, 0.15) is 0 Å². The van der Waals surface area contributed by atoms with E-state index in [0.717, 1.165) is 13.1 Å². The van der Waals surface area contributed by atoms with Crippen molar-refractivity contribution in [2.75, 3.05) is 47.5 Å². The highest BCUT2D eigenvalue weighted by Crippen LogP contribution is 2.18. The fourth-order valence-electron chi connectivity index (χ4n) is 2.26. The van der Waals surface area contributed by atoms with Gasteiger partial charge in [0.15, 0.2) is 9.84 Å². The van der Waals surface area contributed by atoms with Gasteiger partial charge in [-0.3, -0.25) is 0 Å². The predicted octanol–water partition coefficient (Wildman–Crippen LogP) is 0.996. The lowest BCUT2D eigenvalue weighted by Gasteiger charge is -2.23. The highest BCUT2D eigenvalue weighted by atomic mass is 35.5. The lowest BCUT2D eigenvalue weighted by molar-refractivity contribution is 0.597. The molecular formula is C12H20ClN5O2S. The fraction of sp³-hybridized carbons (Fsp3) is 0.750. The van der Waals surface area contributed by atoms with Crippen LogP contribution in [0.1, 0.15) is 20.3 Å². The second-order valence-corrected chi connectivity index (χ2v) is 7.51. The minimum Gasteiger partial charge on any atom is -0.341 e. The van der Waals surface area contributed by atoms with Crippen molar-refractivity contribution in [3.8, 4) is 0 Å². The summed E-state index contributed by atoms with van der Waals surface area (Å²) < 4.78 is 23.3. The van der Waals surface area contributed by atoms with Gasteiger partial charge in [0.2, 0.25) is 17.2 Å². The number of anilines is 2. The molecule has 0 amide bonds. The molecule has 0 spiro atoms. The second-order valence-electron chi connectivity index (χ2n) is 4.87. The van der Waals surface area contributed by atoms with Crippen molar-refractivity contribution in [2.24, 2.45) is 0 Å². The molecule has 1 aliphatic rings. The van der Waals surface area contributed by atoms with Gasteiger partial charge in [0.05, 0.1) is 11.5 Å². The summed E-state index contributed by atoms with van der Waals surface area (Å²) in [7, 11) is -2.96. The molecular weight excluding hydrogens is 314 g/mol. The van der Waals surface area contributed by atoms with E-state index >= 15 is 0 Å². The maximum absolute atomic E-state index is 11.7. The average molecular weight is 334 g/mol. The number of sulfone groups is 1. The van der Waals surface area contributed by atoms with E-state index in [4.69, 9.17) is 11.6 Å². The lowest BCUT2D eigenvalue weighted by atomic mass is 10.4. The number of hydrogen-bond acceptors (Lipinski definition) is 7. The average Bonchev–Trinajstić information content (AvgIpc) is 2.60. The van der Waals surface area contributed by atoms with Crippen molar-refractivity contribution in [2.45, 2.75) is 20.3 Å². The van der Waals surface area contributed by atoms with Crippen LogP contribution in [0.25, 0.3) is 0 Å². The van der Waals surface area contributed by atoms with E-state index in [1.807, 2.05) is 23.6 Å². The summed E-state index contributed by atoms with van der Waals surface area (Å²) >= 11 is 5.99. The molecule has 0 atom stereocenters. The summed E-state index contributed by atoms with van der Waals surface area (Å²) in [6.45, 7) is 6.56. The molecule has 1 aromatic rings. The van der Waals surface area contributed by atoms with Crippen LogP contribution in [-0.2, 0) is 9.84 Å². The van der Waals surface area contributed by atoms with Crippen LogP contribution < -0.4 is 9.80 Å². The smallest absolute Gasteiger partial charge is 0.231 e. The van der Waals surface area contributed by atoms with Crippen LogP contribution >= 0.6 is 11.6 Å². The van der Waals surface area contributed by atoms with Crippen molar-refractivity contribution in [3.05, 3.63) is 5.28 Å². The molecule has 0 bridgehead atoms. The number of hydrogen-bond donors (Lipinski definition) is 0. The maximum Gasteiger partial charge on any atom is 0.231 e. The van der Waals surface area contributed by atoms with Crippen molar-refractivity contribution < 1.29 is 8.42 Å². The van der Waals surface area contributed by atoms with Gasteiger partial charge in [-0.25, -0.2) is 8.42 Å². The molecule has 7 nitrogen and oxygen atoms in total. The number of aromatic nitrogens is 3. The Kier molecular flexibility index (Phi) is 5.21. The Morgan fingerprint density at radius 3 is 2.52 bits per heavy atom. The SMILES string of the molecule is CCN(CC)c1nc(Cl)nc(N2CCCS(=O)(=O)CC2)n1. The predicted molar refractivity (Wildman–Crippen MR) is 83.9 cm³/mol. The van der Waals surface area contributed by atoms with E-state index in [1.165, 1.54) is 0 Å². The first-order valence-electron chi connectivity index (χ1n) is 7.07. The zero-order valence-corrected chi connectivity index (χ0v) is 13.9. The molecule has 0 radical (unpaired) electrons. The first-order chi connectivity index (χ1) is 9.95. The highest BCUT2D eigenvalue weighted by molar-refractivity contribution is 7.91. The first kappa shape index (κ1) is 16.2. The van der Waals surface area contributed by atoms with Gasteiger partial charge in [-0.2, -0.15) is 15.0 Å². The normalized spacial score (nSPS) is 18.3. The summed E-state index contributed by atoms with van der Waals surface area (Å²) in [6.07, 6.45) is 0.576. The van der Waals surface area contributed by atoms with E-state index in [1.54, 1.807) is 0 Å². The molecule has 1 saturated heterocycles. The molecule has 0 unspecified atom stereocenters. The maximum atomic E-state index is 11.7. The molecule has 1 aromatic heterocycles. The van der Waals surface area contributed by atoms with Gasteiger partial charge >= 0.3 is 0 Å². The van der Waals surface area contributed by atoms with Gasteiger partial charge in [-0.05, 0) is 31.9 Å². The van der Waals surface area contributed by atoms with E-state index in [-0.39, 0.29) is 16.8 Å². The Morgan fingerprint density at radius 2 is 1.86 bits per heavy atom. The molecule has 0 N–H and O–H groups in total. The van der Waals surface area contributed by atoms with Crippen LogP contribution in [0, 0.1) is 0 Å². The van der Waals surface area contributed by atoms with Gasteiger partial charge in [-0.1, -0.05) is 0 Å². The molecule has 0 aromatic carbocycles. The number of nitrogens with zero attached hydrogens (tertiary/aromatic N) is 5. The summed E-state index contributed by atoms with van der Waals surface area (Å²) in [5, 5.41) is 0.133. The third-order valence-electron chi connectivity index (χ3n) is 3.47. The largest absolute Gasteiger partial charge is 0.341 e. The van der Waals surface area contributed by atoms with Crippen LogP contribution in [0.2, 0.25) is 5.28 Å². The number of halogens is 1. The third-order valence-corrected chi connectivity index (χ3v) is 5.35. The van der Waals surface area contributed by atoms with E-state index in [0.29, 0.717) is 31.4 Å². The highest BCUT2D eigenvalue weighted by Gasteiger charge is 2.22. The summed E-state index contributed by atoms with van der Waals surface area (Å²) in [4.78, 5) is 16.6. The fourth-order valence-corrected chi connectivity index (χ4v) is 3.68. The zero-order chi connectivity index (χ0) is 15.5. The van der Waals surface area contributed by atoms with Crippen LogP contribution in [-0.4, -0.2) is 61.1 Å². The molecule has 0 saturated carbocycles. The molecule has 2 heterocycles. The summed E-state index contributed by atoms with van der Waals surface area (Å²) in [6, 6.07) is 0. The van der Waals surface area contributed by atoms with E-state index in [9.17, 15) is 8.42 Å². The Morgan fingerprint density at radius 1 is 1.14 bits per heavy atom. The Bertz CT molecular complexity index is 591. The quantitative estimate of drug-likeness (QED) is 0.813. The first-order valence-corrected chi connectivity index (χ1v) is 9.27. The van der Waals surface area contributed by atoms with Crippen molar-refractivity contribution >= 4 is 33.3 Å². The van der Waals surface area contributed by atoms with Gasteiger partial charge in [0, 0.05) is 26.2 Å². The van der Waals surface area contributed by atoms with E-state index < -0.39 is 9.84 Å². The zero-order valence-electron chi connectivity index (χ0n) is 12.3. The van der Waals surface area contributed by atoms with Crippen LogP contribution in [0.5, 0.6) is 0 Å². The molecule has 0 aliphatic carbocycles. The van der Waals surface area contributed by atoms with Crippen molar-refractivity contribution in [1.82, 2.24) is 15.0 Å². The second kappa shape index (κ2) is 6.74. The molecule has 2 rings (SSSR count). The molecule has 1 aliphatic heterocycles. The molecule has 9 heteroatoms. The topological polar surface area (TPSA) is 79.3 Å². The Labute approximate surface area is 130 Å². The van der Waals surface area contributed by atoms with Crippen molar-refractivity contribution in [1.29, 1.82) is 0 Å². The van der Waals surface area contributed by atoms with Crippen LogP contribution in [0.15, 0.2) is 0 Å². The van der Waals surface area contributed by atoms with Crippen LogP contribution in [0.3, 0.4) is 0 Å². The molecule has 21 heavy (non-hydrogen) atoms. The molecule has 1 fully saturated rings. The van der Waals surface area contributed by atoms with E-state index in [2.05, 4.69) is 15.0 Å². The van der Waals surface area contributed by atoms with Crippen LogP contribution in [0.4, 0.5) is 11.9 Å². The van der Waals surface area contributed by atoms with Crippen molar-refractivity contribution in [3.63, 3.8) is 0 Å². The van der Waals surface area contributed by atoms with Gasteiger partial charge < -0.3 is 9.80 Å². The minimum absolute atomic E-state index is 0.122. The number of rotatable bonds is 4. The Balaban J connectivity index is 2.27. The molecule has 118 valence electrons. The van der Waals surface area contributed by atoms with Gasteiger partial charge in [-0.15, -0.1) is 0 Å². The lowest BCUT2D eigenvalue weighted by Crippen LogP contribution is -2.30. The Hall–Kier alpha value is -1.15. The van der Waals surface area contributed by atoms with Gasteiger partial charge in [0.25, 0.3) is 0 Å². The summed E-state index contributed by atoms with van der Waals surface area (Å²) in [5.74, 6) is 1.32. The minimum atomic E-state index is -2.96. The standard InChI is InChI=1S/C12H20ClN5O2S/c1-3-17(4-2)11-14-10(13)15-12(16-11)18-6-5-8-21(19,20)9-7-18/h3-9H2,1-2H3. The monoisotopic (exact) mass is 333 g/mol. The summed E-state index contributed by atoms with van der Waals surface area (Å²) in [5.41, 5.74) is 0. The third kappa shape index (κ3) is 4.16.